The maximum atomic E-state index is 12.1. The number of nitrogens with one attached hydrogen (secondary N) is 1. The fourth-order valence-electron chi connectivity index (χ4n) is 2.42. The molecular weight excluding hydrogens is 208 g/mol. The van der Waals surface area contributed by atoms with Crippen molar-refractivity contribution in [2.75, 3.05) is 20.1 Å². The van der Waals surface area contributed by atoms with Crippen molar-refractivity contribution in [1.82, 2.24) is 10.2 Å². The van der Waals surface area contributed by atoms with Gasteiger partial charge < -0.3 is 20.1 Å². The van der Waals surface area contributed by atoms with Crippen molar-refractivity contribution in [3.8, 4) is 0 Å². The topological polar surface area (TPSA) is 61.8 Å². The Bertz CT molecular complexity index is 272. The Balaban J connectivity index is 1.93. The molecule has 5 heteroatoms. The summed E-state index contributed by atoms with van der Waals surface area (Å²) < 4.78 is 5.55. The number of hydrogen-bond donors (Lipinski definition) is 2. The number of nitrogens with zero attached hydrogens (tertiary/aromatic N) is 1. The minimum Gasteiger partial charge on any atom is -0.390 e. The molecule has 5 nitrogen and oxygen atoms in total. The van der Waals surface area contributed by atoms with Gasteiger partial charge in [0, 0.05) is 20.1 Å². The smallest absolute Gasteiger partial charge is 0.251 e. The van der Waals surface area contributed by atoms with E-state index in [0.29, 0.717) is 13.1 Å². The van der Waals surface area contributed by atoms with Gasteiger partial charge in [-0.2, -0.15) is 0 Å². The molecule has 2 rings (SSSR count). The third kappa shape index (κ3) is 2.21. The number of β-amino-alcohol motifs (C(OH)–C–C–N with tert-alkyl or cyclic N) is 1. The summed E-state index contributed by atoms with van der Waals surface area (Å²) >= 11 is 0. The summed E-state index contributed by atoms with van der Waals surface area (Å²) in [5.74, 6) is -0.00269. The molecule has 92 valence electrons. The molecule has 2 heterocycles. The van der Waals surface area contributed by atoms with Crippen LogP contribution in [0.15, 0.2) is 0 Å². The lowest BCUT2D eigenvalue weighted by Crippen LogP contribution is -2.48. The van der Waals surface area contributed by atoms with Crippen molar-refractivity contribution in [3.63, 3.8) is 0 Å². The van der Waals surface area contributed by atoms with Gasteiger partial charge in [0.2, 0.25) is 0 Å². The lowest BCUT2D eigenvalue weighted by Gasteiger charge is -2.28. The highest BCUT2D eigenvalue weighted by Crippen LogP contribution is 2.22. The van der Waals surface area contributed by atoms with Crippen LogP contribution in [0, 0.1) is 0 Å². The van der Waals surface area contributed by atoms with Gasteiger partial charge in [-0.1, -0.05) is 0 Å². The van der Waals surface area contributed by atoms with Gasteiger partial charge in [-0.15, -0.1) is 0 Å². The number of amides is 1. The van der Waals surface area contributed by atoms with Gasteiger partial charge in [0.05, 0.1) is 18.2 Å². The van der Waals surface area contributed by atoms with Crippen LogP contribution < -0.4 is 5.32 Å². The Labute approximate surface area is 95.8 Å². The molecule has 0 aromatic heterocycles. The predicted molar refractivity (Wildman–Crippen MR) is 59.0 cm³/mol. The van der Waals surface area contributed by atoms with E-state index in [0.717, 1.165) is 12.8 Å². The SMILES string of the molecule is CC1CCC(C(=O)N(C)[C@H]2CNC[C@@H]2O)O1. The minimum atomic E-state index is -0.465. The van der Waals surface area contributed by atoms with Crippen molar-refractivity contribution in [3.05, 3.63) is 0 Å². The van der Waals surface area contributed by atoms with Crippen LogP contribution in [0.25, 0.3) is 0 Å². The molecule has 2 saturated heterocycles. The lowest BCUT2D eigenvalue weighted by molar-refractivity contribution is -0.144. The highest BCUT2D eigenvalue weighted by molar-refractivity contribution is 5.81. The zero-order valence-corrected chi connectivity index (χ0v) is 9.85. The molecule has 2 fully saturated rings. The molecule has 2 N–H and O–H groups in total. The van der Waals surface area contributed by atoms with E-state index in [4.69, 9.17) is 4.74 Å². The van der Waals surface area contributed by atoms with E-state index in [1.54, 1.807) is 11.9 Å². The summed E-state index contributed by atoms with van der Waals surface area (Å²) in [5.41, 5.74) is 0. The number of aliphatic hydroxyl groups excluding tert-OH is 1. The number of carbonyl (C=O) groups is 1. The summed E-state index contributed by atoms with van der Waals surface area (Å²) in [6.45, 7) is 3.20. The number of rotatable bonds is 2. The number of ether oxygens (including phenoxy) is 1. The molecule has 0 aromatic carbocycles. The maximum Gasteiger partial charge on any atom is 0.251 e. The molecule has 2 unspecified atom stereocenters. The first kappa shape index (κ1) is 11.8. The minimum absolute atomic E-state index is 0.00269. The summed E-state index contributed by atoms with van der Waals surface area (Å²) in [7, 11) is 1.75. The molecule has 1 amide bonds. The second-order valence-electron chi connectivity index (χ2n) is 4.75. The Kier molecular flexibility index (Phi) is 3.47. The number of aliphatic hydroxyl groups is 1. The zero-order valence-electron chi connectivity index (χ0n) is 9.85. The van der Waals surface area contributed by atoms with Crippen LogP contribution in [0.4, 0.5) is 0 Å². The molecule has 0 aliphatic carbocycles. The molecule has 0 radical (unpaired) electrons. The van der Waals surface area contributed by atoms with Gasteiger partial charge in [0.25, 0.3) is 5.91 Å². The Morgan fingerprint density at radius 2 is 2.19 bits per heavy atom. The van der Waals surface area contributed by atoms with Crippen LogP contribution in [-0.4, -0.2) is 60.4 Å². The predicted octanol–water partition coefficient (Wildman–Crippen LogP) is -0.655. The van der Waals surface area contributed by atoms with Crippen molar-refractivity contribution in [2.45, 2.75) is 44.1 Å². The summed E-state index contributed by atoms with van der Waals surface area (Å²) in [6.07, 6.45) is 1.13. The van der Waals surface area contributed by atoms with E-state index in [2.05, 4.69) is 5.32 Å². The van der Waals surface area contributed by atoms with Gasteiger partial charge in [0.15, 0.2) is 0 Å². The maximum absolute atomic E-state index is 12.1. The molecule has 4 atom stereocenters. The summed E-state index contributed by atoms with van der Waals surface area (Å²) in [6, 6.07) is -0.119. The van der Waals surface area contributed by atoms with Crippen LogP contribution in [0.5, 0.6) is 0 Å². The van der Waals surface area contributed by atoms with Crippen LogP contribution in [0.1, 0.15) is 19.8 Å². The number of likely N-dealkylation sites (N-methyl/N-ethyl adjacent to an activating group) is 1. The molecule has 0 aromatic rings. The van der Waals surface area contributed by atoms with E-state index in [1.165, 1.54) is 0 Å². The standard InChI is InChI=1S/C11H20N2O3/c1-7-3-4-10(16-7)11(15)13(2)8-5-12-6-9(8)14/h7-10,12,14H,3-6H2,1-2H3/t7?,8-,9-,10?/m0/s1. The first-order chi connectivity index (χ1) is 7.59. The van der Waals surface area contributed by atoms with Crippen molar-refractivity contribution in [1.29, 1.82) is 0 Å². The highest BCUT2D eigenvalue weighted by Gasteiger charge is 2.36. The second-order valence-corrected chi connectivity index (χ2v) is 4.75. The van der Waals surface area contributed by atoms with E-state index < -0.39 is 6.10 Å². The van der Waals surface area contributed by atoms with Gasteiger partial charge in [-0.3, -0.25) is 4.79 Å². The average molecular weight is 228 g/mol. The molecule has 0 saturated carbocycles. The first-order valence-electron chi connectivity index (χ1n) is 5.90. The van der Waals surface area contributed by atoms with E-state index in [9.17, 15) is 9.90 Å². The summed E-state index contributed by atoms with van der Waals surface area (Å²) in [5, 5.41) is 12.8. The zero-order chi connectivity index (χ0) is 11.7. The van der Waals surface area contributed by atoms with Gasteiger partial charge >= 0.3 is 0 Å². The molecule has 2 aliphatic heterocycles. The third-order valence-corrected chi connectivity index (χ3v) is 3.50. The lowest BCUT2D eigenvalue weighted by atomic mass is 10.1. The van der Waals surface area contributed by atoms with Crippen LogP contribution >= 0.6 is 0 Å². The third-order valence-electron chi connectivity index (χ3n) is 3.50. The Hall–Kier alpha value is -0.650. The number of carbonyl (C=O) groups excluding carboxylic acids is 1. The van der Waals surface area contributed by atoms with Crippen LogP contribution in [0.3, 0.4) is 0 Å². The Morgan fingerprint density at radius 3 is 2.69 bits per heavy atom. The van der Waals surface area contributed by atoms with E-state index >= 15 is 0 Å². The molecule has 16 heavy (non-hydrogen) atoms. The van der Waals surface area contributed by atoms with E-state index in [-0.39, 0.29) is 24.2 Å². The normalized spacial score (nSPS) is 38.9. The number of hydrogen-bond acceptors (Lipinski definition) is 4. The van der Waals surface area contributed by atoms with Crippen molar-refractivity contribution < 1.29 is 14.6 Å². The summed E-state index contributed by atoms with van der Waals surface area (Å²) in [4.78, 5) is 13.7. The van der Waals surface area contributed by atoms with Crippen molar-refractivity contribution >= 4 is 5.91 Å². The van der Waals surface area contributed by atoms with Gasteiger partial charge in [0.1, 0.15) is 6.10 Å². The largest absolute Gasteiger partial charge is 0.390 e. The Morgan fingerprint density at radius 1 is 1.44 bits per heavy atom. The molecule has 0 spiro atoms. The van der Waals surface area contributed by atoms with Crippen molar-refractivity contribution in [2.24, 2.45) is 0 Å². The monoisotopic (exact) mass is 228 g/mol. The second kappa shape index (κ2) is 4.69. The highest BCUT2D eigenvalue weighted by atomic mass is 16.5. The molecule has 0 bridgehead atoms. The molecular formula is C11H20N2O3. The quantitative estimate of drug-likeness (QED) is 0.659. The first-order valence-corrected chi connectivity index (χ1v) is 5.90. The van der Waals surface area contributed by atoms with E-state index in [1.807, 2.05) is 6.92 Å². The van der Waals surface area contributed by atoms with Crippen LogP contribution in [0.2, 0.25) is 0 Å². The molecule has 2 aliphatic rings. The van der Waals surface area contributed by atoms with Gasteiger partial charge in [-0.05, 0) is 19.8 Å². The fraction of sp³-hybridized carbons (Fsp3) is 0.909. The van der Waals surface area contributed by atoms with Gasteiger partial charge in [-0.25, -0.2) is 0 Å². The fourth-order valence-corrected chi connectivity index (χ4v) is 2.42. The van der Waals surface area contributed by atoms with Crippen LogP contribution in [-0.2, 0) is 9.53 Å². The average Bonchev–Trinajstić information content (AvgIpc) is 2.85.